The van der Waals surface area contributed by atoms with Crippen molar-refractivity contribution in [3.05, 3.63) is 81.7 Å². The highest BCUT2D eigenvalue weighted by atomic mass is 35.5. The van der Waals surface area contributed by atoms with Gasteiger partial charge in [0.2, 0.25) is 5.88 Å². The van der Waals surface area contributed by atoms with Gasteiger partial charge in [-0.1, -0.05) is 28.9 Å². The van der Waals surface area contributed by atoms with Crippen LogP contribution in [0.4, 0.5) is 0 Å². The van der Waals surface area contributed by atoms with E-state index in [9.17, 15) is 4.79 Å². The number of aromatic nitrogens is 2. The monoisotopic (exact) mass is 376 g/mol. The maximum absolute atomic E-state index is 13.3. The van der Waals surface area contributed by atoms with E-state index < -0.39 is 0 Å². The second-order valence-corrected chi connectivity index (χ2v) is 6.79. The van der Waals surface area contributed by atoms with Crippen molar-refractivity contribution in [2.75, 3.05) is 0 Å². The first kappa shape index (κ1) is 15.9. The number of rotatable bonds is 2. The summed E-state index contributed by atoms with van der Waals surface area (Å²) in [6.45, 7) is 1.81. The quantitative estimate of drug-likeness (QED) is 0.419. The minimum atomic E-state index is -0.254. The van der Waals surface area contributed by atoms with Gasteiger partial charge in [-0.2, -0.15) is 0 Å². The third-order valence-electron chi connectivity index (χ3n) is 4.51. The Kier molecular flexibility index (Phi) is 3.45. The van der Waals surface area contributed by atoms with Gasteiger partial charge in [-0.25, -0.2) is 4.57 Å². The molecule has 27 heavy (non-hydrogen) atoms. The average molecular weight is 377 g/mol. The summed E-state index contributed by atoms with van der Waals surface area (Å²) in [7, 11) is 0. The van der Waals surface area contributed by atoms with E-state index in [1.165, 1.54) is 4.57 Å². The van der Waals surface area contributed by atoms with Crippen molar-refractivity contribution in [2.45, 2.75) is 6.92 Å². The number of nitrogens with zero attached hydrogens (tertiary/aromatic N) is 2. The van der Waals surface area contributed by atoms with E-state index in [4.69, 9.17) is 20.5 Å². The summed E-state index contributed by atoms with van der Waals surface area (Å²) >= 11 is 6.18. The Hall–Kier alpha value is -3.31. The molecule has 2 aromatic heterocycles. The predicted molar refractivity (Wildman–Crippen MR) is 104 cm³/mol. The lowest BCUT2D eigenvalue weighted by atomic mass is 10.1. The molecule has 0 atom stereocenters. The zero-order chi connectivity index (χ0) is 18.5. The summed E-state index contributed by atoms with van der Waals surface area (Å²) in [5.74, 6) is 1.54. The van der Waals surface area contributed by atoms with Crippen molar-refractivity contribution in [1.29, 1.82) is 0 Å². The Morgan fingerprint density at radius 3 is 2.70 bits per heavy atom. The molecular weight excluding hydrogens is 364 g/mol. The Morgan fingerprint density at radius 2 is 1.89 bits per heavy atom. The van der Waals surface area contributed by atoms with Crippen LogP contribution in [0.1, 0.15) is 5.69 Å². The molecule has 0 unspecified atom stereocenters. The SMILES string of the molecule is Cc1cc(-c2cc3cc(Cl)ccc3n(-c3ccc4cccc-4o3)c2=O)on1. The van der Waals surface area contributed by atoms with E-state index in [0.717, 1.165) is 10.9 Å². The molecule has 0 saturated heterocycles. The normalized spacial score (nSPS) is 11.5. The number of halogens is 1. The number of pyridine rings is 1. The number of benzene rings is 1. The van der Waals surface area contributed by atoms with E-state index in [-0.39, 0.29) is 5.56 Å². The molecule has 0 N–H and O–H groups in total. The smallest absolute Gasteiger partial charge is 0.269 e. The first-order valence-corrected chi connectivity index (χ1v) is 8.76. The van der Waals surface area contributed by atoms with Gasteiger partial charge in [-0.15, -0.1) is 0 Å². The van der Waals surface area contributed by atoms with Gasteiger partial charge in [0.05, 0.1) is 16.8 Å². The lowest BCUT2D eigenvalue weighted by Gasteiger charge is -2.12. The molecule has 0 spiro atoms. The van der Waals surface area contributed by atoms with Gasteiger partial charge >= 0.3 is 0 Å². The molecule has 2 aliphatic rings. The molecule has 1 aliphatic carbocycles. The van der Waals surface area contributed by atoms with Gasteiger partial charge in [0.1, 0.15) is 5.76 Å². The molecule has 3 aromatic rings. The molecule has 5 nitrogen and oxygen atoms in total. The van der Waals surface area contributed by atoms with Crippen LogP contribution >= 0.6 is 11.6 Å². The van der Waals surface area contributed by atoms with E-state index in [1.807, 2.05) is 31.2 Å². The average Bonchev–Trinajstić information content (AvgIpc) is 3.29. The third kappa shape index (κ3) is 2.55. The highest BCUT2D eigenvalue weighted by Crippen LogP contribution is 2.29. The summed E-state index contributed by atoms with van der Waals surface area (Å²) in [4.78, 5) is 13.3. The standard InChI is InChI=1S/C21H13ClN2O3/c1-12-9-19(27-23-12)16-11-14-10-15(22)6-7-17(14)24(21(16)25)20-8-5-13-3-2-4-18(13)26-20/h2-11H,1H3. The summed E-state index contributed by atoms with van der Waals surface area (Å²) in [6, 6.07) is 18.3. The first-order valence-electron chi connectivity index (χ1n) is 8.38. The van der Waals surface area contributed by atoms with Crippen LogP contribution in [0, 0.1) is 6.92 Å². The summed E-state index contributed by atoms with van der Waals surface area (Å²) in [5, 5.41) is 5.27. The van der Waals surface area contributed by atoms with Crippen molar-refractivity contribution in [1.82, 2.24) is 9.72 Å². The van der Waals surface area contributed by atoms with Crippen LogP contribution < -0.4 is 5.56 Å². The number of hydrogen-bond acceptors (Lipinski definition) is 4. The van der Waals surface area contributed by atoms with Gasteiger partial charge in [0, 0.05) is 28.1 Å². The van der Waals surface area contributed by atoms with Crippen molar-refractivity contribution >= 4 is 22.5 Å². The van der Waals surface area contributed by atoms with Crippen molar-refractivity contribution < 1.29 is 8.94 Å². The van der Waals surface area contributed by atoms with Crippen LogP contribution in [-0.4, -0.2) is 9.72 Å². The zero-order valence-corrected chi connectivity index (χ0v) is 15.0. The van der Waals surface area contributed by atoms with Crippen LogP contribution in [0.5, 0.6) is 0 Å². The second kappa shape index (κ2) is 5.86. The molecule has 1 aliphatic heterocycles. The molecule has 0 saturated carbocycles. The summed E-state index contributed by atoms with van der Waals surface area (Å²) < 4.78 is 12.9. The Bertz CT molecular complexity index is 1330. The largest absolute Gasteiger partial charge is 0.440 e. The minimum absolute atomic E-state index is 0.254. The molecule has 0 fully saturated rings. The number of aryl methyl sites for hydroxylation is 1. The fraction of sp³-hybridized carbons (Fsp3) is 0.0476. The summed E-state index contributed by atoms with van der Waals surface area (Å²) in [6.07, 6.45) is 0. The Balaban J connectivity index is 1.88. The molecule has 6 heteroatoms. The van der Waals surface area contributed by atoms with Gasteiger partial charge in [0.25, 0.3) is 5.56 Å². The van der Waals surface area contributed by atoms with E-state index in [0.29, 0.717) is 39.2 Å². The van der Waals surface area contributed by atoms with E-state index in [1.54, 1.807) is 36.4 Å². The maximum Gasteiger partial charge on any atom is 0.269 e. The van der Waals surface area contributed by atoms with Gasteiger partial charge in [-0.3, -0.25) is 4.79 Å². The number of hydrogen-bond donors (Lipinski definition) is 0. The zero-order valence-electron chi connectivity index (χ0n) is 14.3. The fourth-order valence-corrected chi connectivity index (χ4v) is 3.43. The molecule has 0 radical (unpaired) electrons. The van der Waals surface area contributed by atoms with Gasteiger partial charge < -0.3 is 8.94 Å². The van der Waals surface area contributed by atoms with Crippen LogP contribution in [0.3, 0.4) is 0 Å². The molecule has 1 aromatic carbocycles. The van der Waals surface area contributed by atoms with Crippen molar-refractivity contribution in [2.24, 2.45) is 0 Å². The molecule has 0 amide bonds. The van der Waals surface area contributed by atoms with Crippen LogP contribution in [0.15, 0.2) is 74.4 Å². The Labute approximate surface area is 158 Å². The molecule has 5 rings (SSSR count). The van der Waals surface area contributed by atoms with E-state index >= 15 is 0 Å². The minimum Gasteiger partial charge on any atom is -0.440 e. The predicted octanol–water partition coefficient (Wildman–Crippen LogP) is 5.31. The second-order valence-electron chi connectivity index (χ2n) is 6.35. The third-order valence-corrected chi connectivity index (χ3v) is 4.74. The van der Waals surface area contributed by atoms with Crippen LogP contribution in [0.2, 0.25) is 5.02 Å². The van der Waals surface area contributed by atoms with Crippen molar-refractivity contribution in [3.8, 4) is 28.5 Å². The van der Waals surface area contributed by atoms with Crippen LogP contribution in [0.25, 0.3) is 39.4 Å². The van der Waals surface area contributed by atoms with Crippen LogP contribution in [-0.2, 0) is 0 Å². The van der Waals surface area contributed by atoms with Gasteiger partial charge in [-0.05, 0) is 43.3 Å². The molecule has 3 heterocycles. The fourth-order valence-electron chi connectivity index (χ4n) is 3.25. The maximum atomic E-state index is 13.3. The molecular formula is C21H13ClN2O3. The summed E-state index contributed by atoms with van der Waals surface area (Å²) in [5.41, 5.74) is 2.50. The highest BCUT2D eigenvalue weighted by molar-refractivity contribution is 6.31. The van der Waals surface area contributed by atoms with Crippen molar-refractivity contribution in [3.63, 3.8) is 0 Å². The lowest BCUT2D eigenvalue weighted by molar-refractivity contribution is 0.426. The number of fused-ring (bicyclic) bond motifs is 2. The lowest BCUT2D eigenvalue weighted by Crippen LogP contribution is -2.20. The first-order chi connectivity index (χ1) is 13.1. The topological polar surface area (TPSA) is 61.2 Å². The molecule has 132 valence electrons. The molecule has 0 bridgehead atoms. The van der Waals surface area contributed by atoms with E-state index in [2.05, 4.69) is 5.16 Å². The van der Waals surface area contributed by atoms with Gasteiger partial charge in [0.15, 0.2) is 5.76 Å². The highest BCUT2D eigenvalue weighted by Gasteiger charge is 2.18. The Morgan fingerprint density at radius 1 is 1.00 bits per heavy atom.